The van der Waals surface area contributed by atoms with Crippen molar-refractivity contribution < 1.29 is 19.0 Å². The number of amides is 1. The minimum Gasteiger partial charge on any atom is -0.493 e. The summed E-state index contributed by atoms with van der Waals surface area (Å²) >= 11 is 0. The third-order valence-corrected chi connectivity index (χ3v) is 7.20. The molecule has 6 nitrogen and oxygen atoms in total. The molecule has 5 rings (SSSR count). The predicted molar refractivity (Wildman–Crippen MR) is 149 cm³/mol. The van der Waals surface area contributed by atoms with E-state index >= 15 is 0 Å². The first kappa shape index (κ1) is 25.9. The van der Waals surface area contributed by atoms with Crippen LogP contribution in [0.25, 0.3) is 0 Å². The Morgan fingerprint density at radius 1 is 0.872 bits per heavy atom. The monoisotopic (exact) mass is 518 g/mol. The first-order chi connectivity index (χ1) is 19.1. The lowest BCUT2D eigenvalue weighted by Gasteiger charge is -2.44. The Morgan fingerprint density at radius 3 is 2.15 bits per heavy atom. The first-order valence-corrected chi connectivity index (χ1v) is 12.9. The number of hydrogen-bond donors (Lipinski definition) is 0. The van der Waals surface area contributed by atoms with E-state index in [2.05, 4.69) is 6.07 Å². The van der Waals surface area contributed by atoms with E-state index in [-0.39, 0.29) is 5.91 Å². The summed E-state index contributed by atoms with van der Waals surface area (Å²) in [5.74, 6) is 1.68. The Balaban J connectivity index is 1.51. The van der Waals surface area contributed by atoms with Crippen LogP contribution in [0.15, 0.2) is 97.1 Å². The van der Waals surface area contributed by atoms with E-state index in [1.54, 1.807) is 31.3 Å². The van der Waals surface area contributed by atoms with Gasteiger partial charge in [0.05, 0.1) is 20.3 Å². The number of benzene rings is 4. The van der Waals surface area contributed by atoms with E-state index in [1.807, 2.05) is 84.9 Å². The highest BCUT2D eigenvalue weighted by Gasteiger charge is 2.46. The van der Waals surface area contributed by atoms with Crippen molar-refractivity contribution in [2.75, 3.05) is 20.8 Å². The third kappa shape index (κ3) is 5.17. The van der Waals surface area contributed by atoms with E-state index in [0.29, 0.717) is 43.1 Å². The van der Waals surface area contributed by atoms with Gasteiger partial charge in [-0.15, -0.1) is 0 Å². The van der Waals surface area contributed by atoms with Gasteiger partial charge in [-0.3, -0.25) is 4.79 Å². The fourth-order valence-corrected chi connectivity index (χ4v) is 5.18. The molecule has 0 saturated heterocycles. The Hall–Kier alpha value is -4.76. The summed E-state index contributed by atoms with van der Waals surface area (Å²) in [6.45, 7) is 0.874. The summed E-state index contributed by atoms with van der Waals surface area (Å²) in [4.78, 5) is 15.5. The lowest BCUT2D eigenvalue weighted by Crippen LogP contribution is -2.54. The second-order valence-electron chi connectivity index (χ2n) is 9.50. The Labute approximate surface area is 229 Å². The zero-order valence-corrected chi connectivity index (χ0v) is 22.1. The fraction of sp³-hybridized carbons (Fsp3) is 0.212. The number of carbonyl (C=O) groups is 1. The molecule has 6 heteroatoms. The quantitative estimate of drug-likeness (QED) is 0.289. The second kappa shape index (κ2) is 11.3. The molecule has 0 aromatic heterocycles. The number of ether oxygens (including phenoxy) is 3. The average Bonchev–Trinajstić information content (AvgIpc) is 3.00. The van der Waals surface area contributed by atoms with E-state index in [1.165, 1.54) is 0 Å². The van der Waals surface area contributed by atoms with Crippen molar-refractivity contribution in [1.29, 1.82) is 5.26 Å². The van der Waals surface area contributed by atoms with Crippen LogP contribution in [-0.4, -0.2) is 31.6 Å². The van der Waals surface area contributed by atoms with Crippen molar-refractivity contribution >= 4 is 5.91 Å². The van der Waals surface area contributed by atoms with E-state index < -0.39 is 5.54 Å². The highest BCUT2D eigenvalue weighted by Crippen LogP contribution is 2.43. The third-order valence-electron chi connectivity index (χ3n) is 7.20. The second-order valence-corrected chi connectivity index (χ2v) is 9.50. The molecular weight excluding hydrogens is 488 g/mol. The van der Waals surface area contributed by atoms with Gasteiger partial charge in [0.25, 0.3) is 5.91 Å². The fourth-order valence-electron chi connectivity index (χ4n) is 5.18. The minimum absolute atomic E-state index is 0.180. The van der Waals surface area contributed by atoms with Gasteiger partial charge in [-0.25, -0.2) is 0 Å². The van der Waals surface area contributed by atoms with Crippen molar-refractivity contribution in [1.82, 2.24) is 4.90 Å². The van der Waals surface area contributed by atoms with Crippen molar-refractivity contribution in [3.05, 3.63) is 125 Å². The SMILES string of the molecule is COc1cc2c(cc1OC)C(C#N)(Cc1ccc(OCc3ccccc3)cc1)N(C(=O)c1ccccc1)CC2. The van der Waals surface area contributed by atoms with Gasteiger partial charge in [-0.05, 0) is 65.1 Å². The van der Waals surface area contributed by atoms with Crippen molar-refractivity contribution in [3.63, 3.8) is 0 Å². The Bertz CT molecular complexity index is 1480. The molecule has 0 bridgehead atoms. The number of carbonyl (C=O) groups excluding carboxylic acids is 1. The normalized spacial score (nSPS) is 16.1. The van der Waals surface area contributed by atoms with E-state index in [0.717, 1.165) is 28.0 Å². The molecule has 1 heterocycles. The van der Waals surface area contributed by atoms with Gasteiger partial charge in [0, 0.05) is 18.5 Å². The van der Waals surface area contributed by atoms with Gasteiger partial charge in [0.2, 0.25) is 0 Å². The van der Waals surface area contributed by atoms with Crippen LogP contribution < -0.4 is 14.2 Å². The highest BCUT2D eigenvalue weighted by atomic mass is 16.5. The number of methoxy groups -OCH3 is 2. The zero-order valence-electron chi connectivity index (χ0n) is 22.1. The molecule has 0 N–H and O–H groups in total. The van der Waals surface area contributed by atoms with Crippen LogP contribution in [0.5, 0.6) is 17.2 Å². The minimum atomic E-state index is -1.24. The van der Waals surface area contributed by atoms with Gasteiger partial charge in [0.15, 0.2) is 17.0 Å². The van der Waals surface area contributed by atoms with Gasteiger partial charge in [-0.2, -0.15) is 5.26 Å². The topological polar surface area (TPSA) is 71.8 Å². The van der Waals surface area contributed by atoms with Gasteiger partial charge in [0.1, 0.15) is 12.4 Å². The summed E-state index contributed by atoms with van der Waals surface area (Å²) in [5, 5.41) is 10.8. The summed E-state index contributed by atoms with van der Waals surface area (Å²) in [7, 11) is 3.17. The summed E-state index contributed by atoms with van der Waals surface area (Å²) in [5.41, 5.74) is 3.02. The molecule has 196 valence electrons. The first-order valence-electron chi connectivity index (χ1n) is 12.9. The largest absolute Gasteiger partial charge is 0.493 e. The lowest BCUT2D eigenvalue weighted by atomic mass is 9.76. The number of nitriles is 1. The van der Waals surface area contributed by atoms with Gasteiger partial charge < -0.3 is 19.1 Å². The maximum atomic E-state index is 13.8. The average molecular weight is 519 g/mol. The predicted octanol–water partition coefficient (Wildman–Crippen LogP) is 5.94. The molecule has 4 aromatic carbocycles. The van der Waals surface area contributed by atoms with Crippen LogP contribution >= 0.6 is 0 Å². The highest BCUT2D eigenvalue weighted by molar-refractivity contribution is 5.95. The molecule has 1 unspecified atom stereocenters. The molecule has 0 radical (unpaired) electrons. The van der Waals surface area contributed by atoms with Gasteiger partial charge >= 0.3 is 0 Å². The number of rotatable bonds is 8. The molecule has 39 heavy (non-hydrogen) atoms. The molecular formula is C33H30N2O4. The van der Waals surface area contributed by atoms with Crippen LogP contribution in [0.3, 0.4) is 0 Å². The molecule has 1 atom stereocenters. The Kier molecular flexibility index (Phi) is 7.51. The number of fused-ring (bicyclic) bond motifs is 1. The van der Waals surface area contributed by atoms with Crippen molar-refractivity contribution in [2.45, 2.75) is 25.0 Å². The number of nitrogens with zero attached hydrogens (tertiary/aromatic N) is 2. The van der Waals surface area contributed by atoms with Crippen molar-refractivity contribution in [3.8, 4) is 23.3 Å². The van der Waals surface area contributed by atoms with Crippen LogP contribution in [0.1, 0.15) is 32.6 Å². The van der Waals surface area contributed by atoms with E-state index in [4.69, 9.17) is 14.2 Å². The van der Waals surface area contributed by atoms with Gasteiger partial charge in [-0.1, -0.05) is 60.7 Å². The molecule has 0 fully saturated rings. The summed E-state index contributed by atoms with van der Waals surface area (Å²) in [6, 6.07) is 33.1. The summed E-state index contributed by atoms with van der Waals surface area (Å²) in [6.07, 6.45) is 0.910. The molecule has 1 amide bonds. The smallest absolute Gasteiger partial charge is 0.255 e. The molecule has 0 saturated carbocycles. The molecule has 0 spiro atoms. The number of hydrogen-bond acceptors (Lipinski definition) is 5. The lowest BCUT2D eigenvalue weighted by molar-refractivity contribution is 0.0550. The zero-order chi connectivity index (χ0) is 27.2. The standard InChI is InChI=1S/C33H30N2O4/c1-37-30-19-27-17-18-35(32(36)26-11-7-4-8-12-26)33(23-34,29(27)20-31(30)38-2)21-24-13-15-28(16-14-24)39-22-25-9-5-3-6-10-25/h3-16,19-20H,17-18,21-22H2,1-2H3. The molecule has 1 aliphatic rings. The summed E-state index contributed by atoms with van der Waals surface area (Å²) < 4.78 is 17.1. The molecule has 0 aliphatic carbocycles. The van der Waals surface area contributed by atoms with Crippen LogP contribution in [-0.2, 0) is 25.0 Å². The van der Waals surface area contributed by atoms with Crippen LogP contribution in [0.2, 0.25) is 0 Å². The van der Waals surface area contributed by atoms with Crippen molar-refractivity contribution in [2.24, 2.45) is 0 Å². The van der Waals surface area contributed by atoms with E-state index in [9.17, 15) is 10.1 Å². The molecule has 4 aromatic rings. The maximum Gasteiger partial charge on any atom is 0.255 e. The molecule has 1 aliphatic heterocycles. The van der Waals surface area contributed by atoms with Crippen LogP contribution in [0.4, 0.5) is 0 Å². The van der Waals surface area contributed by atoms with Crippen LogP contribution in [0, 0.1) is 11.3 Å². The maximum absolute atomic E-state index is 13.8. The Morgan fingerprint density at radius 2 is 1.51 bits per heavy atom.